The molecule has 0 aromatic heterocycles. The van der Waals surface area contributed by atoms with Gasteiger partial charge >= 0.3 is 30.2 Å². The number of benzene rings is 5. The second-order valence-electron chi connectivity index (χ2n) is 16.9. The molecule has 6 N–H and O–H groups in total. The molecule has 5 aliphatic heterocycles. The first-order valence-corrected chi connectivity index (χ1v) is 24.3. The lowest BCUT2D eigenvalue weighted by molar-refractivity contribution is -0.116. The molecule has 15 amide bonds. The smallest absolute Gasteiger partial charge is 0.328 e. The molecule has 10 rings (SSSR count). The first kappa shape index (κ1) is 58.9. The summed E-state index contributed by atoms with van der Waals surface area (Å²) >= 11 is 11.8. The van der Waals surface area contributed by atoms with Crippen molar-refractivity contribution in [1.29, 1.82) is 0 Å². The lowest BCUT2D eigenvalue weighted by Gasteiger charge is -2.07. The van der Waals surface area contributed by atoms with Gasteiger partial charge in [0.15, 0.2) is 0 Å². The maximum Gasteiger partial charge on any atom is 0.328 e. The van der Waals surface area contributed by atoms with Gasteiger partial charge in [0.05, 0.1) is 14.2 Å². The van der Waals surface area contributed by atoms with Crippen LogP contribution in [0.2, 0.25) is 10.0 Å². The van der Waals surface area contributed by atoms with E-state index in [0.717, 1.165) is 28.0 Å². The molecule has 5 heterocycles. The summed E-state index contributed by atoms with van der Waals surface area (Å²) in [5.74, 6) is -0.522. The number of carbonyl (C=O) groups is 10. The van der Waals surface area contributed by atoms with Crippen molar-refractivity contribution >= 4 is 113 Å². The Bertz CT molecular complexity index is 3450. The summed E-state index contributed by atoms with van der Waals surface area (Å²) < 4.78 is 10.1. The minimum Gasteiger partial charge on any atom is -0.497 e. The van der Waals surface area contributed by atoms with E-state index in [0.29, 0.717) is 38.4 Å². The molecule has 0 spiro atoms. The van der Waals surface area contributed by atoms with E-state index in [9.17, 15) is 47.9 Å². The second-order valence-corrected chi connectivity index (χ2v) is 17.7. The molecule has 0 saturated carbocycles. The number of rotatable bonds is 7. The van der Waals surface area contributed by atoms with Crippen molar-refractivity contribution in [3.63, 3.8) is 0 Å². The highest BCUT2D eigenvalue weighted by atomic mass is 35.5. The molecule has 5 saturated heterocycles. The van der Waals surface area contributed by atoms with E-state index in [1.807, 2.05) is 72.8 Å². The summed E-state index contributed by atoms with van der Waals surface area (Å²) in [7, 11) is 9.33. The summed E-state index contributed by atoms with van der Waals surface area (Å²) in [5.41, 5.74) is 5.53. The molecule has 0 bridgehead atoms. The number of halogens is 2. The van der Waals surface area contributed by atoms with Crippen LogP contribution in [-0.2, 0) is 24.0 Å². The monoisotopic (exact) mass is 1120 g/mol. The van der Waals surface area contributed by atoms with Gasteiger partial charge in [0.25, 0.3) is 29.5 Å². The quantitative estimate of drug-likeness (QED) is 0.0708. The highest BCUT2D eigenvalue weighted by molar-refractivity contribution is 6.32. The third-order valence-corrected chi connectivity index (χ3v) is 12.1. The number of urea groups is 5. The maximum absolute atomic E-state index is 11.5. The first-order chi connectivity index (χ1) is 38.1. The van der Waals surface area contributed by atoms with E-state index >= 15 is 0 Å². The standard InChI is InChI=1S/2C12H12N2O3.2C11H9ClN2O2.C10H8N2O2/c1-14-10(11(15)13-12(14)16)7-8-3-5-9(17-2)6-4-8;1-14-10(11(15)13-12(14)16)7-8-4-3-5-9(6-8)17-2;1-14-9(10(15)13-11(14)16)6-7-3-2-4-8(12)5-7;1-14-9(10(15)13-11(14)16)6-7-4-2-3-5-8(7)12;13-9-8(11-10(14)12-9)6-7-4-2-1-3-5-7/h2*3-7H,1-2H3,(H,13,15,16);2*2-6H,1H3,(H,13,15,16);1-6H,(H2,11,12,13,14)/b2*10-7-;2*9-6-;8-6-. The SMILES string of the molecule is CN1C(=O)NC(=O)/C1=C/c1cccc(Cl)c1.CN1C(=O)NC(=O)/C1=C/c1ccccc1Cl.COc1ccc(/C=C2/C(=O)NC(=O)N2C)cc1.COc1cccc(/C=C2/C(=O)NC(=O)N2C)c1.O=C1NC(=O)/C(=C/c2ccccc2)N1. The highest BCUT2D eigenvalue weighted by Crippen LogP contribution is 2.23. The van der Waals surface area contributed by atoms with Gasteiger partial charge in [-0.2, -0.15) is 0 Å². The minimum absolute atomic E-state index is 0.279. The van der Waals surface area contributed by atoms with Crippen LogP contribution in [0, 0.1) is 0 Å². The van der Waals surface area contributed by atoms with Gasteiger partial charge < -0.3 is 14.8 Å². The fourth-order valence-electron chi connectivity index (χ4n) is 7.12. The Hall–Kier alpha value is -10.3. The number of nitrogens with one attached hydrogen (secondary N) is 6. The van der Waals surface area contributed by atoms with Crippen molar-refractivity contribution in [2.24, 2.45) is 0 Å². The normalized spacial score (nSPS) is 17.9. The summed E-state index contributed by atoms with van der Waals surface area (Å²) in [6, 6.07) is 35.8. The summed E-state index contributed by atoms with van der Waals surface area (Å²) in [5, 5.41) is 14.5. The molecular formula is C56H50Cl2N10O12. The molecule has 22 nitrogen and oxygen atoms in total. The van der Waals surface area contributed by atoms with Gasteiger partial charge in [-0.1, -0.05) is 108 Å². The van der Waals surface area contributed by atoms with Crippen LogP contribution in [0.25, 0.3) is 30.4 Å². The third-order valence-electron chi connectivity index (χ3n) is 11.5. The first-order valence-electron chi connectivity index (χ1n) is 23.6. The zero-order valence-electron chi connectivity index (χ0n) is 43.5. The fourth-order valence-corrected chi connectivity index (χ4v) is 7.50. The summed E-state index contributed by atoms with van der Waals surface area (Å²) in [6.45, 7) is 0. The molecule has 0 atom stereocenters. The molecule has 5 aromatic rings. The number of methoxy groups -OCH3 is 2. The van der Waals surface area contributed by atoms with Gasteiger partial charge in [0.1, 0.15) is 40.0 Å². The largest absolute Gasteiger partial charge is 0.497 e. The summed E-state index contributed by atoms with van der Waals surface area (Å²) in [6.07, 6.45) is 8.12. The van der Waals surface area contributed by atoms with Crippen LogP contribution < -0.4 is 41.4 Å². The number of imide groups is 5. The van der Waals surface area contributed by atoms with Gasteiger partial charge in [-0.15, -0.1) is 0 Å². The number of amides is 15. The van der Waals surface area contributed by atoms with Crippen LogP contribution in [0.3, 0.4) is 0 Å². The van der Waals surface area contributed by atoms with Crippen molar-refractivity contribution in [3.8, 4) is 11.5 Å². The van der Waals surface area contributed by atoms with Gasteiger partial charge in [0, 0.05) is 38.2 Å². The van der Waals surface area contributed by atoms with Crippen molar-refractivity contribution in [2.45, 2.75) is 0 Å². The Morgan fingerprint density at radius 1 is 0.375 bits per heavy atom. The molecule has 24 heteroatoms. The highest BCUT2D eigenvalue weighted by Gasteiger charge is 2.32. The Labute approximate surface area is 467 Å². The molecular weight excluding hydrogens is 1080 g/mol. The number of carbonyl (C=O) groups excluding carboxylic acids is 10. The van der Waals surface area contributed by atoms with E-state index in [2.05, 4.69) is 31.9 Å². The molecule has 5 fully saturated rings. The van der Waals surface area contributed by atoms with Gasteiger partial charge in [-0.25, -0.2) is 24.0 Å². The van der Waals surface area contributed by atoms with E-state index in [1.165, 1.54) is 33.7 Å². The lowest BCUT2D eigenvalue weighted by Crippen LogP contribution is -2.24. The Morgan fingerprint density at radius 3 is 1.21 bits per heavy atom. The Kier molecular flexibility index (Phi) is 20.0. The molecule has 80 heavy (non-hydrogen) atoms. The predicted molar refractivity (Wildman–Crippen MR) is 297 cm³/mol. The predicted octanol–water partition coefficient (Wildman–Crippen LogP) is 7.03. The lowest BCUT2D eigenvalue weighted by atomic mass is 10.2. The van der Waals surface area contributed by atoms with E-state index in [1.54, 1.807) is 113 Å². The van der Waals surface area contributed by atoms with Crippen molar-refractivity contribution in [2.75, 3.05) is 42.4 Å². The number of hydrogen-bond donors (Lipinski definition) is 6. The van der Waals surface area contributed by atoms with Crippen LogP contribution in [0.4, 0.5) is 24.0 Å². The summed E-state index contributed by atoms with van der Waals surface area (Å²) in [4.78, 5) is 118. The average Bonchev–Trinajstić information content (AvgIpc) is 4.13. The zero-order valence-corrected chi connectivity index (χ0v) is 45.0. The third kappa shape index (κ3) is 15.6. The Balaban J connectivity index is 0.000000161. The molecule has 0 radical (unpaired) electrons. The van der Waals surface area contributed by atoms with E-state index in [-0.39, 0.29) is 29.1 Å². The molecule has 410 valence electrons. The van der Waals surface area contributed by atoms with Crippen LogP contribution in [0.1, 0.15) is 27.8 Å². The average molecular weight is 1130 g/mol. The van der Waals surface area contributed by atoms with Crippen LogP contribution >= 0.6 is 23.2 Å². The Morgan fingerprint density at radius 2 is 0.787 bits per heavy atom. The van der Waals surface area contributed by atoms with E-state index < -0.39 is 42.0 Å². The minimum atomic E-state index is -0.475. The molecule has 5 aliphatic rings. The molecule has 0 unspecified atom stereocenters. The van der Waals surface area contributed by atoms with Crippen molar-refractivity contribution in [1.82, 2.24) is 51.5 Å². The number of likely N-dealkylation sites (N-methyl/N-ethyl adjacent to an activating group) is 4. The topological polar surface area (TPSA) is 274 Å². The molecule has 5 aromatic carbocycles. The van der Waals surface area contributed by atoms with E-state index in [4.69, 9.17) is 32.7 Å². The number of nitrogens with zero attached hydrogens (tertiary/aromatic N) is 4. The second kappa shape index (κ2) is 27.1. The number of hydrogen-bond acceptors (Lipinski definition) is 12. The van der Waals surface area contributed by atoms with Gasteiger partial charge in [-0.05, 0) is 101 Å². The van der Waals surface area contributed by atoms with Gasteiger partial charge in [0.2, 0.25) is 0 Å². The van der Waals surface area contributed by atoms with Crippen molar-refractivity contribution in [3.05, 3.63) is 194 Å². The van der Waals surface area contributed by atoms with Crippen LogP contribution in [0.5, 0.6) is 11.5 Å². The van der Waals surface area contributed by atoms with Crippen LogP contribution in [0.15, 0.2) is 156 Å². The molecule has 0 aliphatic carbocycles. The fraction of sp³-hybridized carbons (Fsp3) is 0.107. The maximum atomic E-state index is 11.5. The van der Waals surface area contributed by atoms with Crippen molar-refractivity contribution < 1.29 is 57.4 Å². The van der Waals surface area contributed by atoms with Gasteiger partial charge in [-0.3, -0.25) is 70.2 Å². The zero-order chi connectivity index (χ0) is 58.2. The number of ether oxygens (including phenoxy) is 2. The van der Waals surface area contributed by atoms with Crippen LogP contribution in [-0.4, -0.2) is 122 Å².